The predicted molar refractivity (Wildman–Crippen MR) is 53.3 cm³/mol. The Balaban J connectivity index is 1.51. The molecule has 2 fully saturated rings. The van der Waals surface area contributed by atoms with Crippen molar-refractivity contribution in [3.05, 3.63) is 12.4 Å². The van der Waals surface area contributed by atoms with Gasteiger partial charge in [0.2, 0.25) is 11.8 Å². The van der Waals surface area contributed by atoms with Gasteiger partial charge in [-0.2, -0.15) is 15.0 Å². The van der Waals surface area contributed by atoms with Crippen molar-refractivity contribution in [3.63, 3.8) is 0 Å². The van der Waals surface area contributed by atoms with Gasteiger partial charge in [-0.3, -0.25) is 4.79 Å². The summed E-state index contributed by atoms with van der Waals surface area (Å²) in [6.45, 7) is 1.05. The first-order valence-electron chi connectivity index (χ1n) is 5.57. The number of hydrogen-bond acceptors (Lipinski definition) is 3. The molecule has 1 aromatic rings. The standard InChI is InChI=1S/C10H12F2N4O/c11-10(12)3-7(4-10)9(17)15-5-8(6-15)16-13-1-2-14-16/h1-2,7-8H,3-6H2. The van der Waals surface area contributed by atoms with Gasteiger partial charge in [0.25, 0.3) is 0 Å². The molecular weight excluding hydrogens is 230 g/mol. The van der Waals surface area contributed by atoms with Crippen LogP contribution in [0.15, 0.2) is 12.4 Å². The van der Waals surface area contributed by atoms with Crippen molar-refractivity contribution < 1.29 is 13.6 Å². The van der Waals surface area contributed by atoms with Gasteiger partial charge in [0.15, 0.2) is 0 Å². The van der Waals surface area contributed by atoms with E-state index in [9.17, 15) is 13.6 Å². The summed E-state index contributed by atoms with van der Waals surface area (Å²) in [5, 5.41) is 7.96. The molecule has 1 aliphatic carbocycles. The maximum Gasteiger partial charge on any atom is 0.249 e. The molecule has 0 N–H and O–H groups in total. The van der Waals surface area contributed by atoms with Crippen molar-refractivity contribution in [1.82, 2.24) is 19.9 Å². The molecule has 1 saturated heterocycles. The van der Waals surface area contributed by atoms with Crippen LogP contribution in [0.4, 0.5) is 8.78 Å². The molecule has 0 aromatic carbocycles. The van der Waals surface area contributed by atoms with Crippen molar-refractivity contribution in [2.45, 2.75) is 24.8 Å². The number of aromatic nitrogens is 3. The molecule has 1 aromatic heterocycles. The predicted octanol–water partition coefficient (Wildman–Crippen LogP) is 0.707. The highest BCUT2D eigenvalue weighted by Gasteiger charge is 2.51. The van der Waals surface area contributed by atoms with Gasteiger partial charge in [0, 0.05) is 31.8 Å². The SMILES string of the molecule is O=C(C1CC(F)(F)C1)N1CC(n2nccn2)C1. The van der Waals surface area contributed by atoms with Crippen LogP contribution in [0, 0.1) is 5.92 Å². The van der Waals surface area contributed by atoms with Gasteiger partial charge in [-0.05, 0) is 0 Å². The molecule has 0 spiro atoms. The molecule has 2 heterocycles. The first-order valence-corrected chi connectivity index (χ1v) is 5.57. The summed E-state index contributed by atoms with van der Waals surface area (Å²) in [6.07, 6.45) is 2.56. The Morgan fingerprint density at radius 3 is 2.35 bits per heavy atom. The molecule has 1 amide bonds. The van der Waals surface area contributed by atoms with E-state index >= 15 is 0 Å². The van der Waals surface area contributed by atoms with Gasteiger partial charge >= 0.3 is 0 Å². The maximum absolute atomic E-state index is 12.6. The minimum Gasteiger partial charge on any atom is -0.338 e. The summed E-state index contributed by atoms with van der Waals surface area (Å²) in [7, 11) is 0. The zero-order chi connectivity index (χ0) is 12.0. The molecule has 0 unspecified atom stereocenters. The highest BCUT2D eigenvalue weighted by molar-refractivity contribution is 5.80. The van der Waals surface area contributed by atoms with Gasteiger partial charge in [-0.25, -0.2) is 8.78 Å². The summed E-state index contributed by atoms with van der Waals surface area (Å²) >= 11 is 0. The number of alkyl halides is 2. The number of amides is 1. The quantitative estimate of drug-likeness (QED) is 0.767. The largest absolute Gasteiger partial charge is 0.338 e. The Morgan fingerprint density at radius 2 is 1.82 bits per heavy atom. The van der Waals surface area contributed by atoms with Crippen molar-refractivity contribution in [2.75, 3.05) is 13.1 Å². The summed E-state index contributed by atoms with van der Waals surface area (Å²) in [5.41, 5.74) is 0. The second-order valence-corrected chi connectivity index (χ2v) is 4.71. The van der Waals surface area contributed by atoms with Crippen LogP contribution < -0.4 is 0 Å². The Morgan fingerprint density at radius 1 is 1.24 bits per heavy atom. The Bertz CT molecular complexity index is 420. The molecule has 92 valence electrons. The molecule has 0 radical (unpaired) electrons. The lowest BCUT2D eigenvalue weighted by molar-refractivity contribution is -0.165. The first kappa shape index (κ1) is 10.6. The van der Waals surface area contributed by atoms with Gasteiger partial charge in [0.1, 0.15) is 6.04 Å². The summed E-state index contributed by atoms with van der Waals surface area (Å²) in [4.78, 5) is 14.9. The molecule has 1 saturated carbocycles. The number of likely N-dealkylation sites (tertiary alicyclic amines) is 1. The molecule has 0 bridgehead atoms. The van der Waals surface area contributed by atoms with Crippen LogP contribution in [0.5, 0.6) is 0 Å². The molecule has 2 aliphatic rings. The van der Waals surface area contributed by atoms with Crippen LogP contribution in [0.1, 0.15) is 18.9 Å². The molecule has 1 aliphatic heterocycles. The molecule has 3 rings (SSSR count). The Kier molecular flexibility index (Phi) is 2.17. The smallest absolute Gasteiger partial charge is 0.249 e. The highest BCUT2D eigenvalue weighted by Crippen LogP contribution is 2.43. The van der Waals surface area contributed by atoms with Gasteiger partial charge in [-0.15, -0.1) is 0 Å². The van der Waals surface area contributed by atoms with E-state index < -0.39 is 11.8 Å². The molecule has 0 atom stereocenters. The van der Waals surface area contributed by atoms with Crippen molar-refractivity contribution in [3.8, 4) is 0 Å². The van der Waals surface area contributed by atoms with Gasteiger partial charge in [-0.1, -0.05) is 0 Å². The lowest BCUT2D eigenvalue weighted by Crippen LogP contribution is -2.56. The Hall–Kier alpha value is -1.53. The normalized spacial score (nSPS) is 24.2. The number of hydrogen-bond donors (Lipinski definition) is 0. The fourth-order valence-electron chi connectivity index (χ4n) is 2.29. The van der Waals surface area contributed by atoms with Crippen LogP contribution in [0.3, 0.4) is 0 Å². The second-order valence-electron chi connectivity index (χ2n) is 4.71. The molecule has 5 nitrogen and oxygen atoms in total. The van der Waals surface area contributed by atoms with E-state index in [1.165, 1.54) is 0 Å². The zero-order valence-corrected chi connectivity index (χ0v) is 9.09. The number of nitrogens with zero attached hydrogens (tertiary/aromatic N) is 4. The summed E-state index contributed by atoms with van der Waals surface area (Å²) < 4.78 is 25.3. The minimum atomic E-state index is -2.63. The highest BCUT2D eigenvalue weighted by atomic mass is 19.3. The summed E-state index contributed by atoms with van der Waals surface area (Å²) in [5.74, 6) is -3.27. The van der Waals surface area contributed by atoms with Crippen LogP contribution >= 0.6 is 0 Å². The average Bonchev–Trinajstić information content (AvgIpc) is 2.64. The molecule has 17 heavy (non-hydrogen) atoms. The number of carbonyl (C=O) groups is 1. The van der Waals surface area contributed by atoms with E-state index in [0.717, 1.165) is 0 Å². The van der Waals surface area contributed by atoms with E-state index in [1.807, 2.05) is 0 Å². The van der Waals surface area contributed by atoms with Crippen LogP contribution in [0.25, 0.3) is 0 Å². The van der Waals surface area contributed by atoms with Crippen LogP contribution in [0.2, 0.25) is 0 Å². The van der Waals surface area contributed by atoms with E-state index in [-0.39, 0.29) is 24.8 Å². The monoisotopic (exact) mass is 242 g/mol. The van der Waals surface area contributed by atoms with Crippen LogP contribution in [-0.4, -0.2) is 44.8 Å². The van der Waals surface area contributed by atoms with Crippen molar-refractivity contribution >= 4 is 5.91 Å². The van der Waals surface area contributed by atoms with E-state index in [1.54, 1.807) is 22.1 Å². The van der Waals surface area contributed by atoms with Crippen LogP contribution in [-0.2, 0) is 4.79 Å². The van der Waals surface area contributed by atoms with E-state index in [0.29, 0.717) is 13.1 Å². The fraction of sp³-hybridized carbons (Fsp3) is 0.700. The molecular formula is C10H12F2N4O. The third kappa shape index (κ3) is 1.79. The third-order valence-corrected chi connectivity index (χ3v) is 3.38. The lowest BCUT2D eigenvalue weighted by Gasteiger charge is -2.43. The number of rotatable bonds is 2. The fourth-order valence-corrected chi connectivity index (χ4v) is 2.29. The Labute approximate surface area is 96.4 Å². The summed E-state index contributed by atoms with van der Waals surface area (Å²) in [6, 6.07) is 0.0922. The molecule has 7 heteroatoms. The van der Waals surface area contributed by atoms with Gasteiger partial charge in [0.05, 0.1) is 12.4 Å². The number of halogens is 2. The van der Waals surface area contributed by atoms with Crippen molar-refractivity contribution in [1.29, 1.82) is 0 Å². The first-order chi connectivity index (χ1) is 8.05. The van der Waals surface area contributed by atoms with Gasteiger partial charge < -0.3 is 4.90 Å². The second kappa shape index (κ2) is 3.48. The van der Waals surface area contributed by atoms with Crippen molar-refractivity contribution in [2.24, 2.45) is 5.92 Å². The van der Waals surface area contributed by atoms with E-state index in [4.69, 9.17) is 0 Å². The lowest BCUT2D eigenvalue weighted by atomic mass is 9.80. The maximum atomic E-state index is 12.6. The van der Waals surface area contributed by atoms with E-state index in [2.05, 4.69) is 10.2 Å². The average molecular weight is 242 g/mol. The third-order valence-electron chi connectivity index (χ3n) is 3.38. The zero-order valence-electron chi connectivity index (χ0n) is 9.09. The minimum absolute atomic E-state index is 0.0922. The topological polar surface area (TPSA) is 51.0 Å². The number of carbonyl (C=O) groups excluding carboxylic acids is 1.